The van der Waals surface area contributed by atoms with Gasteiger partial charge in [0.25, 0.3) is 0 Å². The number of benzene rings is 1. The van der Waals surface area contributed by atoms with Crippen LogP contribution in [0.5, 0.6) is 0 Å². The van der Waals surface area contributed by atoms with E-state index >= 15 is 0 Å². The Balaban J connectivity index is 2.25. The maximum absolute atomic E-state index is 12.2. The van der Waals surface area contributed by atoms with E-state index in [-0.39, 0.29) is 6.04 Å². The minimum absolute atomic E-state index is 0.102. The highest BCUT2D eigenvalue weighted by atomic mass is 32.2. The summed E-state index contributed by atoms with van der Waals surface area (Å²) >= 11 is 0. The van der Waals surface area contributed by atoms with Gasteiger partial charge in [0.15, 0.2) is 0 Å². The van der Waals surface area contributed by atoms with Gasteiger partial charge in [-0.3, -0.25) is 0 Å². The molecule has 0 aromatic heterocycles. The van der Waals surface area contributed by atoms with E-state index in [1.807, 2.05) is 13.0 Å². The first-order valence-corrected chi connectivity index (χ1v) is 7.00. The van der Waals surface area contributed by atoms with Crippen LogP contribution in [0.3, 0.4) is 0 Å². The fraction of sp³-hybridized carbons (Fsp3) is 0.500. The molecule has 1 aliphatic carbocycles. The summed E-state index contributed by atoms with van der Waals surface area (Å²) in [6.07, 6.45) is 2.30. The smallest absolute Gasteiger partial charge is 0.207 e. The molecule has 4 heteroatoms. The van der Waals surface area contributed by atoms with E-state index in [0.717, 1.165) is 12.8 Å². The molecule has 0 spiro atoms. The molecule has 16 heavy (non-hydrogen) atoms. The zero-order valence-electron chi connectivity index (χ0n) is 9.63. The third kappa shape index (κ3) is 2.13. The van der Waals surface area contributed by atoms with Gasteiger partial charge in [-0.05, 0) is 37.8 Å². The van der Waals surface area contributed by atoms with Crippen molar-refractivity contribution in [3.05, 3.63) is 30.3 Å². The van der Waals surface area contributed by atoms with Gasteiger partial charge in [0.2, 0.25) is 10.0 Å². The summed E-state index contributed by atoms with van der Waals surface area (Å²) in [4.78, 5) is 0.380. The lowest BCUT2D eigenvalue weighted by Gasteiger charge is -2.24. The highest BCUT2D eigenvalue weighted by molar-refractivity contribution is 7.89. The van der Waals surface area contributed by atoms with Crippen molar-refractivity contribution < 1.29 is 8.42 Å². The van der Waals surface area contributed by atoms with Crippen LogP contribution in [0.4, 0.5) is 0 Å². The van der Waals surface area contributed by atoms with Crippen LogP contribution in [0, 0.1) is 5.92 Å². The lowest BCUT2D eigenvalue weighted by molar-refractivity contribution is 0.357. The number of hydrogen-bond donors (Lipinski definition) is 0. The molecular weight excluding hydrogens is 222 g/mol. The molecule has 1 aromatic rings. The predicted octanol–water partition coefficient (Wildman–Crippen LogP) is 2.11. The van der Waals surface area contributed by atoms with Gasteiger partial charge in [-0.2, -0.15) is 4.31 Å². The average molecular weight is 239 g/mol. The van der Waals surface area contributed by atoms with Crippen molar-refractivity contribution in [3.8, 4) is 0 Å². The molecule has 0 N–H and O–H groups in total. The summed E-state index contributed by atoms with van der Waals surface area (Å²) in [6, 6.07) is 8.72. The second kappa shape index (κ2) is 4.18. The molecule has 3 nitrogen and oxygen atoms in total. The maximum Gasteiger partial charge on any atom is 0.243 e. The SMILES string of the molecule is CC(C1CC1)N(C)S(=O)(=O)c1ccccc1. The maximum atomic E-state index is 12.2. The number of sulfonamides is 1. The van der Waals surface area contributed by atoms with E-state index in [9.17, 15) is 8.42 Å². The van der Waals surface area contributed by atoms with E-state index in [2.05, 4.69) is 0 Å². The summed E-state index contributed by atoms with van der Waals surface area (Å²) in [7, 11) is -1.64. The van der Waals surface area contributed by atoms with Gasteiger partial charge in [0.1, 0.15) is 0 Å². The first kappa shape index (κ1) is 11.6. The third-order valence-corrected chi connectivity index (χ3v) is 5.26. The van der Waals surface area contributed by atoms with Crippen molar-refractivity contribution in [2.24, 2.45) is 5.92 Å². The molecule has 1 aliphatic rings. The van der Waals surface area contributed by atoms with E-state index in [1.54, 1.807) is 31.3 Å². The Labute approximate surface area is 97.1 Å². The molecular formula is C12H17NO2S. The van der Waals surface area contributed by atoms with Crippen molar-refractivity contribution in [1.29, 1.82) is 0 Å². The van der Waals surface area contributed by atoms with Crippen molar-refractivity contribution >= 4 is 10.0 Å². The zero-order valence-corrected chi connectivity index (χ0v) is 10.4. The van der Waals surface area contributed by atoms with Crippen molar-refractivity contribution in [2.45, 2.75) is 30.7 Å². The Morgan fingerprint density at radius 2 is 1.81 bits per heavy atom. The summed E-state index contributed by atoms with van der Waals surface area (Å²) in [6.45, 7) is 1.98. The Morgan fingerprint density at radius 1 is 1.25 bits per heavy atom. The second-order valence-electron chi connectivity index (χ2n) is 4.41. The summed E-state index contributed by atoms with van der Waals surface area (Å²) < 4.78 is 26.0. The molecule has 0 amide bonds. The lowest BCUT2D eigenvalue weighted by atomic mass is 10.2. The molecule has 1 unspecified atom stereocenters. The molecule has 1 fully saturated rings. The molecule has 1 saturated carbocycles. The molecule has 0 heterocycles. The van der Waals surface area contributed by atoms with Gasteiger partial charge in [-0.1, -0.05) is 18.2 Å². The fourth-order valence-corrected chi connectivity index (χ4v) is 3.30. The highest BCUT2D eigenvalue weighted by Gasteiger charge is 2.35. The first-order valence-electron chi connectivity index (χ1n) is 5.56. The normalized spacial score (nSPS) is 18.7. The van der Waals surface area contributed by atoms with Crippen LogP contribution >= 0.6 is 0 Å². The molecule has 0 saturated heterocycles. The summed E-state index contributed by atoms with van der Waals surface area (Å²) in [5.41, 5.74) is 0. The first-order chi connectivity index (χ1) is 7.53. The molecule has 0 radical (unpaired) electrons. The highest BCUT2D eigenvalue weighted by Crippen LogP contribution is 2.36. The van der Waals surface area contributed by atoms with E-state index in [1.165, 1.54) is 4.31 Å². The topological polar surface area (TPSA) is 37.4 Å². The van der Waals surface area contributed by atoms with Gasteiger partial charge in [-0.15, -0.1) is 0 Å². The Hall–Kier alpha value is -0.870. The lowest BCUT2D eigenvalue weighted by Crippen LogP contribution is -2.36. The van der Waals surface area contributed by atoms with E-state index < -0.39 is 10.0 Å². The Bertz CT molecular complexity index is 451. The zero-order chi connectivity index (χ0) is 11.8. The summed E-state index contributed by atoms with van der Waals surface area (Å²) in [5, 5.41) is 0. The monoisotopic (exact) mass is 239 g/mol. The standard InChI is InChI=1S/C12H17NO2S/c1-10(11-8-9-11)13(2)16(14,15)12-6-4-3-5-7-12/h3-7,10-11H,8-9H2,1-2H3. The average Bonchev–Trinajstić information content (AvgIpc) is 3.12. The molecule has 1 atom stereocenters. The summed E-state index contributed by atoms with van der Waals surface area (Å²) in [5.74, 6) is 0.545. The van der Waals surface area contributed by atoms with Gasteiger partial charge in [-0.25, -0.2) is 8.42 Å². The Morgan fingerprint density at radius 3 is 2.31 bits per heavy atom. The van der Waals surface area contributed by atoms with Crippen LogP contribution in [-0.4, -0.2) is 25.8 Å². The quantitative estimate of drug-likeness (QED) is 0.807. The van der Waals surface area contributed by atoms with Crippen LogP contribution in [0.1, 0.15) is 19.8 Å². The van der Waals surface area contributed by atoms with Crippen molar-refractivity contribution in [3.63, 3.8) is 0 Å². The Kier molecular flexibility index (Phi) is 3.04. The minimum Gasteiger partial charge on any atom is -0.207 e. The number of hydrogen-bond acceptors (Lipinski definition) is 2. The molecule has 1 aromatic carbocycles. The van der Waals surface area contributed by atoms with Crippen LogP contribution in [0.2, 0.25) is 0 Å². The third-order valence-electron chi connectivity index (χ3n) is 3.30. The van der Waals surface area contributed by atoms with Crippen LogP contribution in [-0.2, 0) is 10.0 Å². The minimum atomic E-state index is -3.31. The molecule has 0 bridgehead atoms. The molecule has 2 rings (SSSR count). The second-order valence-corrected chi connectivity index (χ2v) is 6.41. The fourth-order valence-electron chi connectivity index (χ4n) is 1.85. The van der Waals surface area contributed by atoms with Gasteiger partial charge >= 0.3 is 0 Å². The van der Waals surface area contributed by atoms with E-state index in [4.69, 9.17) is 0 Å². The van der Waals surface area contributed by atoms with Crippen LogP contribution in [0.25, 0.3) is 0 Å². The predicted molar refractivity (Wildman–Crippen MR) is 63.6 cm³/mol. The van der Waals surface area contributed by atoms with Crippen molar-refractivity contribution in [1.82, 2.24) is 4.31 Å². The van der Waals surface area contributed by atoms with Gasteiger partial charge in [0, 0.05) is 13.1 Å². The van der Waals surface area contributed by atoms with Gasteiger partial charge < -0.3 is 0 Å². The van der Waals surface area contributed by atoms with Crippen molar-refractivity contribution in [2.75, 3.05) is 7.05 Å². The molecule has 88 valence electrons. The number of rotatable bonds is 4. The van der Waals surface area contributed by atoms with E-state index in [0.29, 0.717) is 10.8 Å². The molecule has 0 aliphatic heterocycles. The largest absolute Gasteiger partial charge is 0.243 e. The van der Waals surface area contributed by atoms with Crippen LogP contribution < -0.4 is 0 Å². The number of nitrogens with zero attached hydrogens (tertiary/aromatic N) is 1. The van der Waals surface area contributed by atoms with Crippen LogP contribution in [0.15, 0.2) is 35.2 Å². The van der Waals surface area contributed by atoms with Gasteiger partial charge in [0.05, 0.1) is 4.90 Å².